The molecule has 0 bridgehead atoms. The number of H-pyrrole nitrogens is 1. The fourth-order valence-electron chi connectivity index (χ4n) is 6.98. The van der Waals surface area contributed by atoms with E-state index in [-0.39, 0.29) is 44.4 Å². The highest BCUT2D eigenvalue weighted by atomic mass is 35.5. The van der Waals surface area contributed by atoms with Crippen LogP contribution in [0.2, 0.25) is 5.02 Å². The fourth-order valence-corrected chi connectivity index (χ4v) is 7.10. The Balaban J connectivity index is 1.38. The maximum absolute atomic E-state index is 14.9. The zero-order valence-corrected chi connectivity index (χ0v) is 35.1. The Morgan fingerprint density at radius 1 is 0.763 bits per heavy atom. The van der Waals surface area contributed by atoms with E-state index in [0.717, 1.165) is 33.3 Å². The lowest BCUT2D eigenvalue weighted by molar-refractivity contribution is -0.133. The molecule has 1 heterocycles. The standard InChI is InChI=1S/C47H56ClN5O6/c1-30(2)37(44(56)50-28-36-25-34-18-12-13-19-38(34)51-36)26-40(54)41(49-27-32-20-22-35(48)23-21-32)42(55)39(24-31-14-8-6-9-15-31)52-45(57)43(47(3,4)5)53-46(58)59-29-33-16-10-7-11-17-33/h6-23,25,30,37,39-41,43,49,51,54H,24,26-29H2,1-5H3,(H,50,56)(H,52,57)(H,53,58)/t37-,39-,40?,41-,43+/m0/s1. The number of aliphatic hydroxyl groups is 1. The number of aliphatic hydroxyl groups excluding tert-OH is 1. The number of carbonyl (C=O) groups is 4. The van der Waals surface area contributed by atoms with Gasteiger partial charge in [0.1, 0.15) is 12.6 Å². The average Bonchev–Trinajstić information content (AvgIpc) is 3.64. The number of ether oxygens (including phenoxy) is 1. The fraction of sp³-hybridized carbons (Fsp3) is 0.362. The van der Waals surface area contributed by atoms with Gasteiger partial charge in [0.25, 0.3) is 0 Å². The Hall–Kier alpha value is -5.49. The molecule has 1 unspecified atom stereocenters. The summed E-state index contributed by atoms with van der Waals surface area (Å²) in [5.41, 5.74) is 3.39. The lowest BCUT2D eigenvalue weighted by Crippen LogP contribution is -2.60. The molecule has 5 aromatic rings. The number of Topliss-reactive ketones (excluding diaryl/α,β-unsaturated/α-hetero) is 1. The minimum atomic E-state index is -1.33. The third kappa shape index (κ3) is 13.3. The molecule has 0 fully saturated rings. The molecule has 5 atom stereocenters. The molecule has 5 rings (SSSR count). The minimum absolute atomic E-state index is 0.0114. The first-order chi connectivity index (χ1) is 28.2. The van der Waals surface area contributed by atoms with Gasteiger partial charge in [-0.15, -0.1) is 0 Å². The van der Waals surface area contributed by atoms with Crippen LogP contribution < -0.4 is 21.3 Å². The van der Waals surface area contributed by atoms with E-state index in [9.17, 15) is 24.3 Å². The normalized spacial score (nSPS) is 14.2. The number of amides is 3. The first-order valence-electron chi connectivity index (χ1n) is 20.0. The van der Waals surface area contributed by atoms with E-state index in [4.69, 9.17) is 16.3 Å². The van der Waals surface area contributed by atoms with Gasteiger partial charge >= 0.3 is 6.09 Å². The maximum atomic E-state index is 14.9. The molecule has 6 N–H and O–H groups in total. The van der Waals surface area contributed by atoms with E-state index in [1.807, 2.05) is 117 Å². The second kappa shape index (κ2) is 21.0. The van der Waals surface area contributed by atoms with Gasteiger partial charge in [-0.2, -0.15) is 0 Å². The van der Waals surface area contributed by atoms with Gasteiger partial charge in [0, 0.05) is 28.7 Å². The number of benzene rings is 4. The largest absolute Gasteiger partial charge is 0.445 e. The van der Waals surface area contributed by atoms with Crippen molar-refractivity contribution in [2.24, 2.45) is 17.3 Å². The topological polar surface area (TPSA) is 162 Å². The minimum Gasteiger partial charge on any atom is -0.445 e. The molecule has 0 saturated heterocycles. The smallest absolute Gasteiger partial charge is 0.408 e. The van der Waals surface area contributed by atoms with Crippen molar-refractivity contribution >= 4 is 46.2 Å². The summed E-state index contributed by atoms with van der Waals surface area (Å²) in [6, 6.07) is 31.9. The molecule has 4 aromatic carbocycles. The first-order valence-corrected chi connectivity index (χ1v) is 20.4. The van der Waals surface area contributed by atoms with Gasteiger partial charge in [-0.1, -0.05) is 137 Å². The lowest BCUT2D eigenvalue weighted by Gasteiger charge is -2.33. The number of alkyl carbamates (subject to hydrolysis) is 1. The molecular weight excluding hydrogens is 766 g/mol. The molecule has 0 spiro atoms. The van der Waals surface area contributed by atoms with Crippen molar-refractivity contribution in [2.75, 3.05) is 0 Å². The lowest BCUT2D eigenvalue weighted by atomic mass is 9.84. The summed E-state index contributed by atoms with van der Waals surface area (Å²) in [6.07, 6.45) is -2.05. The van der Waals surface area contributed by atoms with E-state index in [2.05, 4.69) is 26.3 Å². The number of nitrogens with one attached hydrogen (secondary N) is 5. The summed E-state index contributed by atoms with van der Waals surface area (Å²) in [5.74, 6) is -2.16. The molecule has 12 heteroatoms. The van der Waals surface area contributed by atoms with Crippen molar-refractivity contribution in [1.82, 2.24) is 26.3 Å². The SMILES string of the molecule is CC(C)[C@H](CC(O)[C@H](NCc1ccc(Cl)cc1)C(=O)[C@H](Cc1ccccc1)NC(=O)[C@@H](NC(=O)OCc1ccccc1)C(C)(C)C)C(=O)NCc1cc2ccccc2[nH]1. The second-order valence-corrected chi connectivity index (χ2v) is 16.8. The summed E-state index contributed by atoms with van der Waals surface area (Å²) < 4.78 is 5.45. The van der Waals surface area contributed by atoms with Crippen LogP contribution in [0.15, 0.2) is 115 Å². The van der Waals surface area contributed by atoms with Crippen LogP contribution in [0.5, 0.6) is 0 Å². The van der Waals surface area contributed by atoms with Gasteiger partial charge in [0.05, 0.1) is 24.7 Å². The van der Waals surface area contributed by atoms with Crippen LogP contribution >= 0.6 is 11.6 Å². The van der Waals surface area contributed by atoms with Crippen LogP contribution in [0.3, 0.4) is 0 Å². The zero-order valence-electron chi connectivity index (χ0n) is 34.3. The number of hydrogen-bond donors (Lipinski definition) is 6. The molecule has 1 aromatic heterocycles. The van der Waals surface area contributed by atoms with E-state index in [1.54, 1.807) is 32.9 Å². The molecule has 0 aliphatic heterocycles. The predicted molar refractivity (Wildman–Crippen MR) is 231 cm³/mol. The number of hydrogen-bond acceptors (Lipinski definition) is 7. The van der Waals surface area contributed by atoms with Gasteiger partial charge in [-0.05, 0) is 70.5 Å². The maximum Gasteiger partial charge on any atom is 0.408 e. The van der Waals surface area contributed by atoms with Crippen LogP contribution in [-0.2, 0) is 45.2 Å². The molecule has 11 nitrogen and oxygen atoms in total. The first kappa shape index (κ1) is 44.6. The van der Waals surface area contributed by atoms with E-state index < -0.39 is 53.3 Å². The Morgan fingerprint density at radius 2 is 1.39 bits per heavy atom. The Morgan fingerprint density at radius 3 is 2.02 bits per heavy atom. The summed E-state index contributed by atoms with van der Waals surface area (Å²) >= 11 is 6.15. The zero-order chi connectivity index (χ0) is 42.5. The number of fused-ring (bicyclic) bond motifs is 1. The van der Waals surface area contributed by atoms with Gasteiger partial charge in [0.15, 0.2) is 5.78 Å². The molecule has 0 aliphatic carbocycles. The van der Waals surface area contributed by atoms with Crippen molar-refractivity contribution in [3.05, 3.63) is 143 Å². The predicted octanol–water partition coefficient (Wildman–Crippen LogP) is 7.26. The highest BCUT2D eigenvalue weighted by Gasteiger charge is 2.39. The number of aromatic nitrogens is 1. The van der Waals surface area contributed by atoms with Gasteiger partial charge in [0.2, 0.25) is 11.8 Å². The molecule has 0 aliphatic rings. The van der Waals surface area contributed by atoms with E-state index in [0.29, 0.717) is 5.02 Å². The number of aromatic amines is 1. The quantitative estimate of drug-likeness (QED) is 0.0511. The second-order valence-electron chi connectivity index (χ2n) is 16.4. The summed E-state index contributed by atoms with van der Waals surface area (Å²) in [7, 11) is 0. The molecule has 0 radical (unpaired) electrons. The third-order valence-electron chi connectivity index (χ3n) is 10.4. The van der Waals surface area contributed by atoms with Gasteiger partial charge in [-0.25, -0.2) is 4.79 Å². The van der Waals surface area contributed by atoms with E-state index in [1.165, 1.54) is 0 Å². The molecular formula is C47H56ClN5O6. The van der Waals surface area contributed by atoms with Crippen molar-refractivity contribution < 1.29 is 29.0 Å². The number of carbonyl (C=O) groups excluding carboxylic acids is 4. The van der Waals surface area contributed by atoms with Crippen LogP contribution in [-0.4, -0.2) is 58.0 Å². The third-order valence-corrected chi connectivity index (χ3v) is 10.6. The van der Waals surface area contributed by atoms with Crippen molar-refractivity contribution in [3.8, 4) is 0 Å². The number of rotatable bonds is 19. The highest BCUT2D eigenvalue weighted by molar-refractivity contribution is 6.30. The van der Waals surface area contributed by atoms with Gasteiger partial charge < -0.3 is 36.1 Å². The average molecular weight is 822 g/mol. The summed E-state index contributed by atoms with van der Waals surface area (Å²) in [4.78, 5) is 59.3. The number of para-hydroxylation sites is 1. The number of ketones is 1. The summed E-state index contributed by atoms with van der Waals surface area (Å²) in [6.45, 7) is 9.68. The van der Waals surface area contributed by atoms with Crippen LogP contribution in [0, 0.1) is 17.3 Å². The number of halogens is 1. The van der Waals surface area contributed by atoms with Crippen molar-refractivity contribution in [2.45, 2.75) is 91.4 Å². The van der Waals surface area contributed by atoms with Crippen LogP contribution in [0.25, 0.3) is 10.9 Å². The Kier molecular flexibility index (Phi) is 15.9. The van der Waals surface area contributed by atoms with Crippen LogP contribution in [0.1, 0.15) is 63.4 Å². The van der Waals surface area contributed by atoms with Crippen molar-refractivity contribution in [1.29, 1.82) is 0 Å². The Bertz CT molecular complexity index is 2100. The van der Waals surface area contributed by atoms with E-state index >= 15 is 0 Å². The molecule has 0 saturated carbocycles. The molecule has 59 heavy (non-hydrogen) atoms. The molecule has 312 valence electrons. The Labute approximate surface area is 351 Å². The monoisotopic (exact) mass is 821 g/mol. The van der Waals surface area contributed by atoms with Crippen LogP contribution in [0.4, 0.5) is 4.79 Å². The van der Waals surface area contributed by atoms with Crippen molar-refractivity contribution in [3.63, 3.8) is 0 Å². The molecule has 3 amide bonds. The summed E-state index contributed by atoms with van der Waals surface area (Å²) in [5, 5.41) is 25.5. The van der Waals surface area contributed by atoms with Gasteiger partial charge in [-0.3, -0.25) is 14.4 Å². The highest BCUT2D eigenvalue weighted by Crippen LogP contribution is 2.24.